The van der Waals surface area contributed by atoms with Crippen molar-refractivity contribution >= 4 is 0 Å². The van der Waals surface area contributed by atoms with Gasteiger partial charge in [0.25, 0.3) is 0 Å². The summed E-state index contributed by atoms with van der Waals surface area (Å²) in [7, 11) is 0. The Morgan fingerprint density at radius 2 is 1.44 bits per heavy atom. The van der Waals surface area contributed by atoms with E-state index in [0.29, 0.717) is 0 Å². The first-order chi connectivity index (χ1) is 8.60. The lowest BCUT2D eigenvalue weighted by Crippen LogP contribution is -1.89. The maximum atomic E-state index is 2.31. The summed E-state index contributed by atoms with van der Waals surface area (Å²) in [6, 6.07) is 8.95. The van der Waals surface area contributed by atoms with Crippen molar-refractivity contribution in [2.45, 2.75) is 73.1 Å². The molecule has 0 atom stereocenters. The highest BCUT2D eigenvalue weighted by atomic mass is 14.0. The van der Waals surface area contributed by atoms with Crippen LogP contribution in [-0.4, -0.2) is 0 Å². The molecule has 0 unspecified atom stereocenters. The fourth-order valence-corrected chi connectivity index (χ4v) is 1.81. The number of aryl methyl sites for hydroxylation is 2. The van der Waals surface area contributed by atoms with Crippen LogP contribution < -0.4 is 0 Å². The Morgan fingerprint density at radius 3 is 1.94 bits per heavy atom. The van der Waals surface area contributed by atoms with Gasteiger partial charge in [-0.2, -0.15) is 0 Å². The van der Waals surface area contributed by atoms with Crippen molar-refractivity contribution in [3.05, 3.63) is 35.4 Å². The van der Waals surface area contributed by atoms with Gasteiger partial charge in [0.1, 0.15) is 0 Å². The predicted octanol–water partition coefficient (Wildman–Crippen LogP) is 6.17. The Bertz CT molecular complexity index is 269. The van der Waals surface area contributed by atoms with E-state index in [0.717, 1.165) is 5.92 Å². The zero-order valence-corrected chi connectivity index (χ0v) is 13.1. The van der Waals surface area contributed by atoms with Gasteiger partial charge in [0.05, 0.1) is 0 Å². The first kappa shape index (κ1) is 17.2. The Kier molecular flexibility index (Phi) is 10.8. The van der Waals surface area contributed by atoms with Crippen LogP contribution >= 0.6 is 0 Å². The van der Waals surface area contributed by atoms with Crippen LogP contribution in [0.25, 0.3) is 0 Å². The van der Waals surface area contributed by atoms with E-state index in [1.165, 1.54) is 49.7 Å². The normalized spacial score (nSPS) is 10.1. The van der Waals surface area contributed by atoms with Gasteiger partial charge in [-0.1, -0.05) is 83.2 Å². The lowest BCUT2D eigenvalue weighted by atomic mass is 10.0. The second-order valence-corrected chi connectivity index (χ2v) is 5.69. The van der Waals surface area contributed by atoms with E-state index < -0.39 is 0 Å². The van der Waals surface area contributed by atoms with Crippen molar-refractivity contribution in [1.82, 2.24) is 0 Å². The van der Waals surface area contributed by atoms with Gasteiger partial charge in [-0.25, -0.2) is 0 Å². The number of rotatable bonds is 6. The van der Waals surface area contributed by atoms with Gasteiger partial charge < -0.3 is 0 Å². The van der Waals surface area contributed by atoms with Gasteiger partial charge in [0.15, 0.2) is 0 Å². The monoisotopic (exact) mass is 248 g/mol. The Balaban J connectivity index is 0.000000873. The van der Waals surface area contributed by atoms with Crippen LogP contribution in [0.4, 0.5) is 0 Å². The molecule has 0 spiro atoms. The van der Waals surface area contributed by atoms with Crippen molar-refractivity contribution < 1.29 is 0 Å². The average molecular weight is 248 g/mol. The molecular formula is C18H32. The Morgan fingerprint density at radius 1 is 0.889 bits per heavy atom. The maximum absolute atomic E-state index is 2.31. The zero-order chi connectivity index (χ0) is 13.8. The van der Waals surface area contributed by atoms with Crippen LogP contribution in [-0.2, 0) is 6.42 Å². The Labute approximate surface area is 115 Å². The molecule has 1 aromatic carbocycles. The van der Waals surface area contributed by atoms with Crippen LogP contribution in [0, 0.1) is 12.8 Å². The summed E-state index contributed by atoms with van der Waals surface area (Å²) in [5, 5.41) is 0. The first-order valence-corrected chi connectivity index (χ1v) is 7.65. The number of hydrogen-bond donors (Lipinski definition) is 0. The van der Waals surface area contributed by atoms with Crippen molar-refractivity contribution in [3.63, 3.8) is 0 Å². The van der Waals surface area contributed by atoms with Gasteiger partial charge in [0, 0.05) is 0 Å². The molecule has 0 N–H and O–H groups in total. The molecule has 104 valence electrons. The lowest BCUT2D eigenvalue weighted by Gasteiger charge is -2.04. The molecule has 0 aliphatic rings. The molecule has 0 aliphatic carbocycles. The van der Waals surface area contributed by atoms with E-state index >= 15 is 0 Å². The molecule has 0 aromatic heterocycles. The van der Waals surface area contributed by atoms with Gasteiger partial charge >= 0.3 is 0 Å². The molecule has 0 fully saturated rings. The highest BCUT2D eigenvalue weighted by Crippen LogP contribution is 2.11. The first-order valence-electron chi connectivity index (χ1n) is 7.65. The topological polar surface area (TPSA) is 0 Å². The number of benzene rings is 1. The largest absolute Gasteiger partial charge is 0.0656 e. The summed E-state index contributed by atoms with van der Waals surface area (Å²) in [6.07, 6.45) is 8.00. The number of unbranched alkanes of at least 4 members (excludes halogenated alkanes) is 2. The van der Waals surface area contributed by atoms with Crippen LogP contribution in [0.3, 0.4) is 0 Å². The van der Waals surface area contributed by atoms with Crippen molar-refractivity contribution in [1.29, 1.82) is 0 Å². The summed E-state index contributed by atoms with van der Waals surface area (Å²) < 4.78 is 0. The molecule has 0 heteroatoms. The lowest BCUT2D eigenvalue weighted by molar-refractivity contribution is 0.527. The second kappa shape index (κ2) is 11.3. The summed E-state index contributed by atoms with van der Waals surface area (Å²) in [5.41, 5.74) is 2.85. The molecule has 1 aromatic rings. The van der Waals surface area contributed by atoms with Crippen LogP contribution in [0.1, 0.15) is 70.9 Å². The third kappa shape index (κ3) is 10.4. The van der Waals surface area contributed by atoms with Gasteiger partial charge in [-0.05, 0) is 31.2 Å². The van der Waals surface area contributed by atoms with Crippen LogP contribution in [0.2, 0.25) is 0 Å². The third-order valence-corrected chi connectivity index (χ3v) is 2.87. The number of hydrogen-bond acceptors (Lipinski definition) is 0. The van der Waals surface area contributed by atoms with Crippen molar-refractivity contribution in [3.8, 4) is 0 Å². The van der Waals surface area contributed by atoms with E-state index in [1.54, 1.807) is 0 Å². The molecule has 0 saturated heterocycles. The minimum absolute atomic E-state index is 0.865. The van der Waals surface area contributed by atoms with Gasteiger partial charge in [-0.15, -0.1) is 0 Å². The quantitative estimate of drug-likeness (QED) is 0.528. The van der Waals surface area contributed by atoms with Crippen molar-refractivity contribution in [2.24, 2.45) is 5.92 Å². The minimum atomic E-state index is 0.865. The summed E-state index contributed by atoms with van der Waals surface area (Å²) in [4.78, 5) is 0. The van der Waals surface area contributed by atoms with E-state index in [4.69, 9.17) is 0 Å². The molecule has 0 nitrogen and oxygen atoms in total. The molecule has 1 rings (SSSR count). The fraction of sp³-hybridized carbons (Fsp3) is 0.667. The van der Waals surface area contributed by atoms with E-state index in [-0.39, 0.29) is 0 Å². The van der Waals surface area contributed by atoms with Crippen LogP contribution in [0.5, 0.6) is 0 Å². The highest BCUT2D eigenvalue weighted by Gasteiger charge is 1.96. The fourth-order valence-electron chi connectivity index (χ4n) is 1.81. The third-order valence-electron chi connectivity index (χ3n) is 2.87. The molecular weight excluding hydrogens is 216 g/mol. The predicted molar refractivity (Wildman–Crippen MR) is 84.2 cm³/mol. The SMILES string of the molecule is CCC.Cc1ccc(CCCCCC(C)C)cc1. The van der Waals surface area contributed by atoms with E-state index in [2.05, 4.69) is 58.9 Å². The molecule has 0 heterocycles. The van der Waals surface area contributed by atoms with E-state index in [1.807, 2.05) is 0 Å². The van der Waals surface area contributed by atoms with Gasteiger partial charge in [0.2, 0.25) is 0 Å². The molecule has 0 saturated carbocycles. The standard InChI is InChI=1S/C15H24.C3H8/c1-13(2)7-5-4-6-8-15-11-9-14(3)10-12-15;1-3-2/h9-13H,4-8H2,1-3H3;3H2,1-2H3. The second-order valence-electron chi connectivity index (χ2n) is 5.69. The molecule has 0 bridgehead atoms. The smallest absolute Gasteiger partial charge is 0.0279 e. The van der Waals surface area contributed by atoms with Crippen LogP contribution in [0.15, 0.2) is 24.3 Å². The van der Waals surface area contributed by atoms with Gasteiger partial charge in [-0.3, -0.25) is 0 Å². The molecule has 0 amide bonds. The molecule has 18 heavy (non-hydrogen) atoms. The highest BCUT2D eigenvalue weighted by molar-refractivity contribution is 5.21. The maximum Gasteiger partial charge on any atom is -0.0279 e. The Hall–Kier alpha value is -0.780. The zero-order valence-electron chi connectivity index (χ0n) is 13.1. The molecule has 0 radical (unpaired) electrons. The summed E-state index contributed by atoms with van der Waals surface area (Å²) >= 11 is 0. The van der Waals surface area contributed by atoms with E-state index in [9.17, 15) is 0 Å². The molecule has 0 aliphatic heterocycles. The summed E-state index contributed by atoms with van der Waals surface area (Å²) in [5.74, 6) is 0.865. The minimum Gasteiger partial charge on any atom is -0.0656 e. The van der Waals surface area contributed by atoms with Crippen molar-refractivity contribution in [2.75, 3.05) is 0 Å². The summed E-state index contributed by atoms with van der Waals surface area (Å²) in [6.45, 7) is 11.0. The average Bonchev–Trinajstić information content (AvgIpc) is 2.32.